The number of hydrogen-bond acceptors (Lipinski definition) is 3. The Hall–Kier alpha value is -2.04. The van der Waals surface area contributed by atoms with Gasteiger partial charge < -0.3 is 14.4 Å². The van der Waals surface area contributed by atoms with E-state index in [9.17, 15) is 9.59 Å². The molecule has 0 spiro atoms. The van der Waals surface area contributed by atoms with Gasteiger partial charge in [0.1, 0.15) is 18.1 Å². The van der Waals surface area contributed by atoms with E-state index < -0.39 is 5.97 Å². The number of carbonyl (C=O) groups excluding carboxylic acids is 1. The molecule has 5 nitrogen and oxygen atoms in total. The van der Waals surface area contributed by atoms with Crippen molar-refractivity contribution in [1.82, 2.24) is 4.90 Å². The molecule has 0 radical (unpaired) electrons. The van der Waals surface area contributed by atoms with E-state index in [1.54, 1.807) is 19.9 Å². The van der Waals surface area contributed by atoms with Crippen LogP contribution in [0.5, 0.6) is 0 Å². The Labute approximate surface area is 124 Å². The average molecular weight is 291 g/mol. The van der Waals surface area contributed by atoms with Crippen molar-refractivity contribution in [2.75, 3.05) is 6.54 Å². The number of nitrogens with zero attached hydrogens (tertiary/aromatic N) is 1. The Balaban J connectivity index is 2.00. The molecule has 1 N–H and O–H groups in total. The van der Waals surface area contributed by atoms with Gasteiger partial charge >= 0.3 is 5.97 Å². The van der Waals surface area contributed by atoms with Crippen molar-refractivity contribution < 1.29 is 19.1 Å². The predicted molar refractivity (Wildman–Crippen MR) is 78.7 cm³/mol. The Morgan fingerprint density at radius 3 is 2.67 bits per heavy atom. The summed E-state index contributed by atoms with van der Waals surface area (Å²) in [6.07, 6.45) is 4.10. The number of amides is 1. The number of aliphatic carboxylic acids is 1. The molecule has 0 saturated heterocycles. The van der Waals surface area contributed by atoms with Crippen LogP contribution in [0.3, 0.4) is 0 Å². The molecule has 0 aliphatic heterocycles. The highest BCUT2D eigenvalue weighted by atomic mass is 16.4. The topological polar surface area (TPSA) is 70.8 Å². The van der Waals surface area contributed by atoms with Crippen molar-refractivity contribution in [1.29, 1.82) is 0 Å². The van der Waals surface area contributed by atoms with Gasteiger partial charge in [0, 0.05) is 18.0 Å². The number of rotatable bonds is 6. The monoisotopic (exact) mass is 291 g/mol. The summed E-state index contributed by atoms with van der Waals surface area (Å²) in [5.74, 6) is 1.40. The van der Waals surface area contributed by atoms with Crippen molar-refractivity contribution >= 4 is 18.0 Å². The third kappa shape index (κ3) is 3.97. The van der Waals surface area contributed by atoms with Gasteiger partial charge in [-0.1, -0.05) is 6.92 Å². The Morgan fingerprint density at radius 2 is 2.14 bits per heavy atom. The number of carbonyl (C=O) groups is 2. The van der Waals surface area contributed by atoms with E-state index in [1.807, 2.05) is 12.1 Å². The molecule has 0 aromatic carbocycles. The van der Waals surface area contributed by atoms with Crippen LogP contribution in [0.1, 0.15) is 44.6 Å². The summed E-state index contributed by atoms with van der Waals surface area (Å²) in [6.45, 7) is 5.45. The van der Waals surface area contributed by atoms with Crippen molar-refractivity contribution in [3.63, 3.8) is 0 Å². The quantitative estimate of drug-likeness (QED) is 0.818. The normalized spacial score (nSPS) is 21.0. The molecule has 0 bridgehead atoms. The molecule has 1 heterocycles. The van der Waals surface area contributed by atoms with Gasteiger partial charge in [0.2, 0.25) is 5.91 Å². The summed E-state index contributed by atoms with van der Waals surface area (Å²) in [7, 11) is 0. The maximum Gasteiger partial charge on any atom is 0.323 e. The first-order chi connectivity index (χ1) is 9.88. The largest absolute Gasteiger partial charge is 0.480 e. The van der Waals surface area contributed by atoms with Gasteiger partial charge in [0.05, 0.1) is 0 Å². The van der Waals surface area contributed by atoms with E-state index in [2.05, 4.69) is 6.92 Å². The molecule has 2 rings (SSSR count). The zero-order chi connectivity index (χ0) is 15.6. The van der Waals surface area contributed by atoms with Crippen LogP contribution in [0.2, 0.25) is 0 Å². The van der Waals surface area contributed by atoms with E-state index in [1.165, 1.54) is 11.0 Å². The molecule has 1 fully saturated rings. The number of carboxylic acid groups (broad SMARTS) is 1. The lowest BCUT2D eigenvalue weighted by Crippen LogP contribution is -2.39. The molecule has 2 unspecified atom stereocenters. The molecular weight excluding hydrogens is 270 g/mol. The van der Waals surface area contributed by atoms with E-state index in [0.717, 1.165) is 12.2 Å². The number of carboxylic acids is 1. The standard InChI is InChI=1S/C16H21NO4/c1-10(2)17(9-16(19)20)15(18)7-5-12-4-6-14(21-12)13-8-11(13)3/h4-7,10-11,13H,8-9H2,1-3H3,(H,19,20)/b7-5+. The van der Waals surface area contributed by atoms with Crippen LogP contribution in [0.15, 0.2) is 22.6 Å². The summed E-state index contributed by atoms with van der Waals surface area (Å²) in [4.78, 5) is 24.1. The third-order valence-electron chi connectivity index (χ3n) is 3.72. The van der Waals surface area contributed by atoms with Gasteiger partial charge in [-0.05, 0) is 44.4 Å². The lowest BCUT2D eigenvalue weighted by molar-refractivity contribution is -0.143. The minimum Gasteiger partial charge on any atom is -0.480 e. The minimum absolute atomic E-state index is 0.169. The van der Waals surface area contributed by atoms with Gasteiger partial charge in [-0.2, -0.15) is 0 Å². The van der Waals surface area contributed by atoms with Gasteiger partial charge in [-0.3, -0.25) is 9.59 Å². The molecule has 1 amide bonds. The first-order valence-corrected chi connectivity index (χ1v) is 7.18. The smallest absolute Gasteiger partial charge is 0.323 e. The maximum absolute atomic E-state index is 12.0. The average Bonchev–Trinajstić information content (AvgIpc) is 2.96. The van der Waals surface area contributed by atoms with Gasteiger partial charge in [0.25, 0.3) is 0 Å². The van der Waals surface area contributed by atoms with Crippen molar-refractivity contribution in [2.24, 2.45) is 5.92 Å². The van der Waals surface area contributed by atoms with Crippen molar-refractivity contribution in [3.05, 3.63) is 29.7 Å². The van der Waals surface area contributed by atoms with Crippen LogP contribution < -0.4 is 0 Å². The zero-order valence-corrected chi connectivity index (χ0v) is 12.6. The van der Waals surface area contributed by atoms with Crippen molar-refractivity contribution in [2.45, 2.75) is 39.2 Å². The highest BCUT2D eigenvalue weighted by molar-refractivity contribution is 5.93. The van der Waals surface area contributed by atoms with Gasteiger partial charge in [-0.15, -0.1) is 0 Å². The lowest BCUT2D eigenvalue weighted by Gasteiger charge is -2.23. The first kappa shape index (κ1) is 15.4. The third-order valence-corrected chi connectivity index (χ3v) is 3.72. The molecule has 1 aromatic heterocycles. The fraction of sp³-hybridized carbons (Fsp3) is 0.500. The van der Waals surface area contributed by atoms with Crippen LogP contribution in [0.4, 0.5) is 0 Å². The Kier molecular flexibility index (Phi) is 4.50. The summed E-state index contributed by atoms with van der Waals surface area (Å²) in [5, 5.41) is 8.83. The van der Waals surface area contributed by atoms with Gasteiger partial charge in [0.15, 0.2) is 0 Å². The predicted octanol–water partition coefficient (Wildman–Crippen LogP) is 2.74. The Morgan fingerprint density at radius 1 is 1.48 bits per heavy atom. The maximum atomic E-state index is 12.0. The minimum atomic E-state index is -1.02. The van der Waals surface area contributed by atoms with Crippen LogP contribution in [0.25, 0.3) is 6.08 Å². The van der Waals surface area contributed by atoms with Crippen molar-refractivity contribution in [3.8, 4) is 0 Å². The Bertz CT molecular complexity index is 558. The molecular formula is C16H21NO4. The van der Waals surface area contributed by atoms with Crippen LogP contribution in [-0.2, 0) is 9.59 Å². The van der Waals surface area contributed by atoms with E-state index in [0.29, 0.717) is 17.6 Å². The van der Waals surface area contributed by atoms with Gasteiger partial charge in [-0.25, -0.2) is 0 Å². The zero-order valence-electron chi connectivity index (χ0n) is 12.6. The molecule has 5 heteroatoms. The number of hydrogen-bond donors (Lipinski definition) is 1. The summed E-state index contributed by atoms with van der Waals surface area (Å²) >= 11 is 0. The van der Waals surface area contributed by atoms with E-state index in [-0.39, 0.29) is 18.5 Å². The summed E-state index contributed by atoms with van der Waals surface area (Å²) in [6, 6.07) is 3.61. The summed E-state index contributed by atoms with van der Waals surface area (Å²) in [5.41, 5.74) is 0. The SMILES string of the molecule is CC1CC1c1ccc(/C=C/C(=O)N(CC(=O)O)C(C)C)o1. The highest BCUT2D eigenvalue weighted by Crippen LogP contribution is 2.47. The van der Waals surface area contributed by atoms with E-state index in [4.69, 9.17) is 9.52 Å². The van der Waals surface area contributed by atoms with Crippen LogP contribution in [-0.4, -0.2) is 34.5 Å². The molecule has 1 aliphatic rings. The fourth-order valence-corrected chi connectivity index (χ4v) is 2.29. The second kappa shape index (κ2) is 6.16. The first-order valence-electron chi connectivity index (χ1n) is 7.18. The molecule has 114 valence electrons. The summed E-state index contributed by atoms with van der Waals surface area (Å²) < 4.78 is 5.68. The molecule has 1 saturated carbocycles. The molecule has 1 aliphatic carbocycles. The van der Waals surface area contributed by atoms with Crippen LogP contribution >= 0.6 is 0 Å². The second-order valence-corrected chi connectivity index (χ2v) is 5.85. The molecule has 2 atom stereocenters. The fourth-order valence-electron chi connectivity index (χ4n) is 2.29. The molecule has 1 aromatic rings. The van der Waals surface area contributed by atoms with E-state index >= 15 is 0 Å². The second-order valence-electron chi connectivity index (χ2n) is 5.85. The lowest BCUT2D eigenvalue weighted by atomic mass is 10.2. The highest BCUT2D eigenvalue weighted by Gasteiger charge is 2.36. The molecule has 21 heavy (non-hydrogen) atoms. The number of furan rings is 1. The van der Waals surface area contributed by atoms with Crippen LogP contribution in [0, 0.1) is 5.92 Å².